The third-order valence-corrected chi connectivity index (χ3v) is 8.51. The standard InChI is InChI=1S/C23H24N4O3/c28-18-5-6-23(21(29)30)26(18)17-4-2-1-3-16(17)19-24-20(25-27(19)23)22-10-13-7-14(11-22)9-15(8-13)12-22/h1-4,13-15H,5-12H2,(H,29,30)/t13?,14?,15?,22?,23-/m1/s1. The van der Waals surface area contributed by atoms with E-state index >= 15 is 0 Å². The zero-order valence-electron chi connectivity index (χ0n) is 16.8. The van der Waals surface area contributed by atoms with Gasteiger partial charge in [-0.05, 0) is 68.4 Å². The minimum absolute atomic E-state index is 0.0266. The van der Waals surface area contributed by atoms with Gasteiger partial charge in [-0.15, -0.1) is 0 Å². The number of amides is 1. The van der Waals surface area contributed by atoms with Gasteiger partial charge >= 0.3 is 5.97 Å². The number of carboxylic acids is 1. The number of aliphatic carboxylic acids is 1. The lowest BCUT2D eigenvalue weighted by atomic mass is 9.49. The van der Waals surface area contributed by atoms with E-state index in [0.717, 1.165) is 48.4 Å². The van der Waals surface area contributed by atoms with Gasteiger partial charge in [0.05, 0.1) is 5.69 Å². The van der Waals surface area contributed by atoms with Gasteiger partial charge in [0, 0.05) is 23.8 Å². The molecule has 154 valence electrons. The van der Waals surface area contributed by atoms with Crippen LogP contribution in [0.25, 0.3) is 11.4 Å². The van der Waals surface area contributed by atoms with Crippen molar-refractivity contribution in [2.75, 3.05) is 4.90 Å². The maximum absolute atomic E-state index is 12.8. The molecule has 0 spiro atoms. The largest absolute Gasteiger partial charge is 0.478 e. The van der Waals surface area contributed by atoms with Gasteiger partial charge in [0.25, 0.3) is 0 Å². The lowest BCUT2D eigenvalue weighted by molar-refractivity contribution is -0.148. The van der Waals surface area contributed by atoms with Gasteiger partial charge < -0.3 is 5.11 Å². The normalized spacial score (nSPS) is 37.8. The molecule has 3 heterocycles. The number of carboxylic acid groups (broad SMARTS) is 1. The van der Waals surface area contributed by atoms with Crippen LogP contribution in [0.5, 0.6) is 0 Å². The Balaban J connectivity index is 1.46. The highest BCUT2D eigenvalue weighted by molar-refractivity contribution is 6.07. The maximum Gasteiger partial charge on any atom is 0.353 e. The molecule has 2 aliphatic heterocycles. The predicted molar refractivity (Wildman–Crippen MR) is 108 cm³/mol. The maximum atomic E-state index is 12.8. The van der Waals surface area contributed by atoms with Gasteiger partial charge in [-0.1, -0.05) is 12.1 Å². The van der Waals surface area contributed by atoms with E-state index in [1.165, 1.54) is 24.2 Å². The van der Waals surface area contributed by atoms with Crippen LogP contribution >= 0.6 is 0 Å². The Morgan fingerprint density at radius 2 is 1.73 bits per heavy atom. The summed E-state index contributed by atoms with van der Waals surface area (Å²) in [7, 11) is 0. The minimum Gasteiger partial charge on any atom is -0.478 e. The van der Waals surface area contributed by atoms with Crippen LogP contribution < -0.4 is 4.90 Å². The highest BCUT2D eigenvalue weighted by Gasteiger charge is 2.60. The van der Waals surface area contributed by atoms with Crippen molar-refractivity contribution in [2.24, 2.45) is 17.8 Å². The zero-order valence-corrected chi connectivity index (χ0v) is 16.8. The molecule has 2 aromatic rings. The summed E-state index contributed by atoms with van der Waals surface area (Å²) in [5.74, 6) is 2.47. The number of carbonyl (C=O) groups is 2. The van der Waals surface area contributed by atoms with Gasteiger partial charge in [0.15, 0.2) is 11.6 Å². The first-order valence-electron chi connectivity index (χ1n) is 11.1. The monoisotopic (exact) mass is 404 g/mol. The van der Waals surface area contributed by atoms with Crippen molar-refractivity contribution in [2.45, 2.75) is 62.4 Å². The topological polar surface area (TPSA) is 88.3 Å². The molecule has 1 atom stereocenters. The molecule has 1 aromatic heterocycles. The minimum atomic E-state index is -1.51. The molecule has 6 aliphatic rings. The van der Waals surface area contributed by atoms with Gasteiger partial charge in [-0.2, -0.15) is 5.10 Å². The van der Waals surface area contributed by atoms with E-state index in [0.29, 0.717) is 11.5 Å². The van der Waals surface area contributed by atoms with Crippen molar-refractivity contribution >= 4 is 17.6 Å². The smallest absolute Gasteiger partial charge is 0.353 e. The summed E-state index contributed by atoms with van der Waals surface area (Å²) in [5.41, 5.74) is -0.0948. The van der Waals surface area contributed by atoms with Crippen molar-refractivity contribution < 1.29 is 14.7 Å². The molecule has 1 N–H and O–H groups in total. The van der Waals surface area contributed by atoms with Crippen LogP contribution in [0, 0.1) is 17.8 Å². The summed E-state index contributed by atoms with van der Waals surface area (Å²) in [4.78, 5) is 32.0. The van der Waals surface area contributed by atoms with Crippen molar-refractivity contribution in [1.82, 2.24) is 14.8 Å². The van der Waals surface area contributed by atoms with E-state index in [-0.39, 0.29) is 24.2 Å². The van der Waals surface area contributed by atoms with Gasteiger partial charge in [-0.25, -0.2) is 14.5 Å². The lowest BCUT2D eigenvalue weighted by Gasteiger charge is -2.55. The fourth-order valence-corrected chi connectivity index (χ4v) is 7.75. The molecule has 1 aromatic carbocycles. The van der Waals surface area contributed by atoms with E-state index in [9.17, 15) is 14.7 Å². The number of rotatable bonds is 2. The fourth-order valence-electron chi connectivity index (χ4n) is 7.75. The van der Waals surface area contributed by atoms with Crippen LogP contribution in [0.3, 0.4) is 0 Å². The lowest BCUT2D eigenvalue weighted by Crippen LogP contribution is -2.56. The number of aromatic nitrogens is 3. The molecule has 0 unspecified atom stereocenters. The van der Waals surface area contributed by atoms with Crippen LogP contribution in [0.15, 0.2) is 24.3 Å². The first kappa shape index (κ1) is 17.0. The van der Waals surface area contributed by atoms with E-state index < -0.39 is 11.6 Å². The third kappa shape index (κ3) is 1.87. The number of anilines is 1. The molecule has 8 rings (SSSR count). The second kappa shape index (κ2) is 5.31. The van der Waals surface area contributed by atoms with Gasteiger partial charge in [-0.3, -0.25) is 9.69 Å². The summed E-state index contributed by atoms with van der Waals surface area (Å²) in [6.07, 6.45) is 7.76. The Kier molecular flexibility index (Phi) is 3.01. The number of benzene rings is 1. The van der Waals surface area contributed by atoms with Crippen LogP contribution in [0.2, 0.25) is 0 Å². The summed E-state index contributed by atoms with van der Waals surface area (Å²) in [6.45, 7) is 0. The molecule has 30 heavy (non-hydrogen) atoms. The quantitative estimate of drug-likeness (QED) is 0.830. The summed E-state index contributed by atoms with van der Waals surface area (Å²) in [5, 5.41) is 15.3. The van der Waals surface area contributed by atoms with Gasteiger partial charge in [0.1, 0.15) is 0 Å². The Morgan fingerprint density at radius 3 is 2.40 bits per heavy atom. The van der Waals surface area contributed by atoms with E-state index in [1.807, 2.05) is 24.3 Å². The highest BCUT2D eigenvalue weighted by atomic mass is 16.4. The van der Waals surface area contributed by atoms with E-state index in [4.69, 9.17) is 10.1 Å². The molecule has 1 saturated heterocycles. The summed E-state index contributed by atoms with van der Waals surface area (Å²) < 4.78 is 1.58. The first-order valence-corrected chi connectivity index (χ1v) is 11.1. The Labute approximate surface area is 174 Å². The fraction of sp³-hybridized carbons (Fsp3) is 0.565. The molecule has 7 heteroatoms. The number of hydrogen-bond acceptors (Lipinski definition) is 4. The highest BCUT2D eigenvalue weighted by Crippen LogP contribution is 2.60. The third-order valence-electron chi connectivity index (χ3n) is 8.51. The van der Waals surface area contributed by atoms with Crippen LogP contribution in [-0.4, -0.2) is 31.7 Å². The molecule has 1 amide bonds. The molecule has 0 radical (unpaired) electrons. The van der Waals surface area contributed by atoms with Crippen LogP contribution in [-0.2, 0) is 20.7 Å². The molecule has 7 nitrogen and oxygen atoms in total. The number of para-hydroxylation sites is 1. The SMILES string of the molecule is O=C1CC[C@@]2(C(=O)O)N1c1ccccc1-c1nc(C34CC5CC(CC(C5)C3)C4)nn12. The van der Waals surface area contributed by atoms with Crippen LogP contribution in [0.1, 0.15) is 57.2 Å². The summed E-state index contributed by atoms with van der Waals surface area (Å²) in [6, 6.07) is 7.52. The first-order chi connectivity index (χ1) is 14.5. The second-order valence-electron chi connectivity index (χ2n) is 10.2. The number of nitrogens with zero attached hydrogens (tertiary/aromatic N) is 4. The molecule has 4 bridgehead atoms. The zero-order chi connectivity index (χ0) is 20.3. The summed E-state index contributed by atoms with van der Waals surface area (Å²) >= 11 is 0. The van der Waals surface area contributed by atoms with Crippen molar-refractivity contribution in [3.63, 3.8) is 0 Å². The number of hydrogen-bond donors (Lipinski definition) is 1. The number of carbonyl (C=O) groups excluding carboxylic acids is 1. The van der Waals surface area contributed by atoms with Crippen molar-refractivity contribution in [3.05, 3.63) is 30.1 Å². The molecule has 4 saturated carbocycles. The predicted octanol–water partition coefficient (Wildman–Crippen LogP) is 3.29. The molecule has 5 fully saturated rings. The Bertz CT molecular complexity index is 1090. The average Bonchev–Trinajstić information content (AvgIpc) is 3.31. The number of fused-ring (bicyclic) bond motifs is 6. The Hall–Kier alpha value is -2.70. The molecular weight excluding hydrogens is 380 g/mol. The second-order valence-corrected chi connectivity index (χ2v) is 10.2. The van der Waals surface area contributed by atoms with Crippen molar-refractivity contribution in [3.8, 4) is 11.4 Å². The van der Waals surface area contributed by atoms with E-state index in [2.05, 4.69) is 0 Å². The van der Waals surface area contributed by atoms with Gasteiger partial charge in [0.2, 0.25) is 11.6 Å². The molecular formula is C23H24N4O3. The average molecular weight is 404 g/mol. The van der Waals surface area contributed by atoms with Crippen LogP contribution in [0.4, 0.5) is 5.69 Å². The van der Waals surface area contributed by atoms with Crippen molar-refractivity contribution in [1.29, 1.82) is 0 Å². The van der Waals surface area contributed by atoms with E-state index in [1.54, 1.807) is 4.68 Å². The Morgan fingerprint density at radius 1 is 1.07 bits per heavy atom. The molecule has 4 aliphatic carbocycles.